The highest BCUT2D eigenvalue weighted by atomic mass is 32.1. The summed E-state index contributed by atoms with van der Waals surface area (Å²) >= 11 is 1.49. The van der Waals surface area contributed by atoms with Crippen LogP contribution in [0, 0.1) is 28.4 Å². The summed E-state index contributed by atoms with van der Waals surface area (Å²) in [5.74, 6) is 0. The van der Waals surface area contributed by atoms with Gasteiger partial charge in [-0.15, -0.1) is 11.3 Å². The van der Waals surface area contributed by atoms with E-state index in [0.717, 1.165) is 22.6 Å². The molecule has 0 spiro atoms. The third-order valence-corrected chi connectivity index (χ3v) is 5.32. The van der Waals surface area contributed by atoms with Crippen molar-refractivity contribution in [3.05, 3.63) is 79.7 Å². The predicted octanol–water partition coefficient (Wildman–Crippen LogP) is 5.65. The van der Waals surface area contributed by atoms with Gasteiger partial charge in [-0.2, -0.15) is 5.26 Å². The molecule has 2 aromatic carbocycles. The SMILES string of the molecule is CCc1sc(C(C#N)=Cc2cccc([N+](=O)[O-])c2)nc1-c1ccc(C)cc1. The molecular formula is C21H17N3O2S. The fourth-order valence-electron chi connectivity index (χ4n) is 2.68. The molecule has 0 N–H and O–H groups in total. The molecule has 0 saturated carbocycles. The van der Waals surface area contributed by atoms with Crippen molar-refractivity contribution in [1.29, 1.82) is 5.26 Å². The molecule has 5 nitrogen and oxygen atoms in total. The number of hydrogen-bond acceptors (Lipinski definition) is 5. The minimum Gasteiger partial charge on any atom is -0.258 e. The number of nitro groups is 1. The molecule has 0 fully saturated rings. The first kappa shape index (κ1) is 18.5. The highest BCUT2D eigenvalue weighted by molar-refractivity contribution is 7.13. The van der Waals surface area contributed by atoms with Gasteiger partial charge < -0.3 is 0 Å². The lowest BCUT2D eigenvalue weighted by Crippen LogP contribution is -1.88. The number of nitriles is 1. The van der Waals surface area contributed by atoms with E-state index in [1.54, 1.807) is 18.2 Å². The highest BCUT2D eigenvalue weighted by Gasteiger charge is 2.15. The van der Waals surface area contributed by atoms with Crippen LogP contribution in [0.25, 0.3) is 22.9 Å². The van der Waals surface area contributed by atoms with Crippen LogP contribution in [0.15, 0.2) is 48.5 Å². The van der Waals surface area contributed by atoms with E-state index in [0.29, 0.717) is 16.1 Å². The van der Waals surface area contributed by atoms with Crippen molar-refractivity contribution in [2.24, 2.45) is 0 Å². The van der Waals surface area contributed by atoms with Gasteiger partial charge >= 0.3 is 0 Å². The molecule has 6 heteroatoms. The third-order valence-electron chi connectivity index (χ3n) is 4.09. The lowest BCUT2D eigenvalue weighted by atomic mass is 10.1. The maximum atomic E-state index is 11.0. The molecule has 1 aromatic heterocycles. The van der Waals surface area contributed by atoms with Gasteiger partial charge in [0.2, 0.25) is 0 Å². The Hall–Kier alpha value is -3.30. The van der Waals surface area contributed by atoms with Crippen LogP contribution in [0.1, 0.15) is 27.9 Å². The molecule has 3 aromatic rings. The van der Waals surface area contributed by atoms with E-state index in [1.165, 1.54) is 29.0 Å². The van der Waals surface area contributed by atoms with Crippen molar-refractivity contribution < 1.29 is 4.92 Å². The lowest BCUT2D eigenvalue weighted by Gasteiger charge is -2.00. The Morgan fingerprint density at radius 1 is 1.30 bits per heavy atom. The molecule has 0 amide bonds. The summed E-state index contributed by atoms with van der Waals surface area (Å²) in [7, 11) is 0. The number of aromatic nitrogens is 1. The molecule has 134 valence electrons. The number of rotatable bonds is 5. The molecule has 27 heavy (non-hydrogen) atoms. The molecule has 0 aliphatic heterocycles. The number of aryl methyl sites for hydroxylation is 2. The monoisotopic (exact) mass is 375 g/mol. The van der Waals surface area contributed by atoms with Crippen LogP contribution in [0.4, 0.5) is 5.69 Å². The summed E-state index contributed by atoms with van der Waals surface area (Å²) < 4.78 is 0. The van der Waals surface area contributed by atoms with E-state index in [-0.39, 0.29) is 5.69 Å². The fraction of sp³-hybridized carbons (Fsp3) is 0.143. The van der Waals surface area contributed by atoms with Crippen molar-refractivity contribution >= 4 is 28.7 Å². The second kappa shape index (κ2) is 7.94. The number of thiazole rings is 1. The number of non-ortho nitro benzene ring substituents is 1. The lowest BCUT2D eigenvalue weighted by molar-refractivity contribution is -0.384. The Bertz CT molecular complexity index is 1060. The van der Waals surface area contributed by atoms with Crippen LogP contribution in [0.3, 0.4) is 0 Å². The van der Waals surface area contributed by atoms with Gasteiger partial charge in [0.25, 0.3) is 5.69 Å². The van der Waals surface area contributed by atoms with Crippen molar-refractivity contribution in [3.8, 4) is 17.3 Å². The second-order valence-corrected chi connectivity index (χ2v) is 7.12. The molecule has 0 bridgehead atoms. The summed E-state index contributed by atoms with van der Waals surface area (Å²) in [6, 6.07) is 16.5. The Balaban J connectivity index is 2.04. The van der Waals surface area contributed by atoms with Crippen LogP contribution in [-0.2, 0) is 6.42 Å². The minimum absolute atomic E-state index is 0.00484. The molecule has 3 rings (SSSR count). The van der Waals surface area contributed by atoms with Gasteiger partial charge in [-0.05, 0) is 25.0 Å². The van der Waals surface area contributed by atoms with Crippen molar-refractivity contribution in [2.45, 2.75) is 20.3 Å². The van der Waals surface area contributed by atoms with Crippen LogP contribution in [0.5, 0.6) is 0 Å². The average molecular weight is 375 g/mol. The Morgan fingerprint density at radius 2 is 2.04 bits per heavy atom. The topological polar surface area (TPSA) is 79.8 Å². The van der Waals surface area contributed by atoms with Gasteiger partial charge in [-0.3, -0.25) is 10.1 Å². The number of allylic oxidation sites excluding steroid dienone is 1. The predicted molar refractivity (Wildman–Crippen MR) is 108 cm³/mol. The quantitative estimate of drug-likeness (QED) is 0.328. The number of benzene rings is 2. The van der Waals surface area contributed by atoms with E-state index in [1.807, 2.05) is 31.2 Å². The molecular weight excluding hydrogens is 358 g/mol. The summed E-state index contributed by atoms with van der Waals surface area (Å²) in [4.78, 5) is 16.3. The van der Waals surface area contributed by atoms with E-state index in [9.17, 15) is 15.4 Å². The first-order valence-electron chi connectivity index (χ1n) is 8.45. The molecule has 0 unspecified atom stereocenters. The van der Waals surface area contributed by atoms with E-state index in [4.69, 9.17) is 4.98 Å². The van der Waals surface area contributed by atoms with Crippen LogP contribution in [-0.4, -0.2) is 9.91 Å². The first-order chi connectivity index (χ1) is 13.0. The maximum absolute atomic E-state index is 11.0. The van der Waals surface area contributed by atoms with Crippen LogP contribution in [0.2, 0.25) is 0 Å². The molecule has 0 aliphatic rings. The van der Waals surface area contributed by atoms with Gasteiger partial charge in [0.1, 0.15) is 11.1 Å². The standard InChI is InChI=1S/C21H17N3O2S/c1-3-19-20(16-9-7-14(2)8-10-16)23-21(27-19)17(13-22)11-15-5-4-6-18(12-15)24(25)26/h4-12H,3H2,1-2H3. The molecule has 0 atom stereocenters. The Kier molecular flexibility index (Phi) is 5.43. The van der Waals surface area contributed by atoms with E-state index in [2.05, 4.69) is 13.0 Å². The number of hydrogen-bond donors (Lipinski definition) is 0. The van der Waals surface area contributed by atoms with Crippen molar-refractivity contribution in [2.75, 3.05) is 0 Å². The fourth-order valence-corrected chi connectivity index (χ4v) is 3.67. The maximum Gasteiger partial charge on any atom is 0.270 e. The normalized spacial score (nSPS) is 11.2. The minimum atomic E-state index is -0.447. The molecule has 0 saturated heterocycles. The van der Waals surface area contributed by atoms with E-state index < -0.39 is 4.92 Å². The second-order valence-electron chi connectivity index (χ2n) is 6.03. The zero-order valence-corrected chi connectivity index (χ0v) is 15.8. The van der Waals surface area contributed by atoms with Crippen molar-refractivity contribution in [3.63, 3.8) is 0 Å². The largest absolute Gasteiger partial charge is 0.270 e. The summed E-state index contributed by atoms with van der Waals surface area (Å²) in [5, 5.41) is 21.2. The van der Waals surface area contributed by atoms with E-state index >= 15 is 0 Å². The highest BCUT2D eigenvalue weighted by Crippen LogP contribution is 2.33. The Morgan fingerprint density at radius 3 is 2.67 bits per heavy atom. The number of nitrogens with zero attached hydrogens (tertiary/aromatic N) is 3. The third kappa shape index (κ3) is 4.10. The zero-order valence-electron chi connectivity index (χ0n) is 15.0. The number of nitro benzene ring substituents is 1. The van der Waals surface area contributed by atoms with Gasteiger partial charge in [0, 0.05) is 22.6 Å². The van der Waals surface area contributed by atoms with Gasteiger partial charge in [-0.1, -0.05) is 48.9 Å². The summed E-state index contributed by atoms with van der Waals surface area (Å²) in [6.07, 6.45) is 2.46. The van der Waals surface area contributed by atoms with Crippen LogP contribution < -0.4 is 0 Å². The van der Waals surface area contributed by atoms with Gasteiger partial charge in [0.15, 0.2) is 0 Å². The molecule has 0 aliphatic carbocycles. The van der Waals surface area contributed by atoms with Crippen molar-refractivity contribution in [1.82, 2.24) is 4.98 Å². The average Bonchev–Trinajstić information content (AvgIpc) is 3.11. The molecule has 0 radical (unpaired) electrons. The molecule has 1 heterocycles. The summed E-state index contributed by atoms with van der Waals surface area (Å²) in [6.45, 7) is 4.10. The first-order valence-corrected chi connectivity index (χ1v) is 9.27. The zero-order chi connectivity index (χ0) is 19.4. The van der Waals surface area contributed by atoms with Gasteiger partial charge in [0.05, 0.1) is 16.2 Å². The van der Waals surface area contributed by atoms with Gasteiger partial charge in [-0.25, -0.2) is 4.98 Å². The Labute approximate surface area is 161 Å². The summed E-state index contributed by atoms with van der Waals surface area (Å²) in [5.41, 5.74) is 4.08. The van der Waals surface area contributed by atoms with Crippen LogP contribution >= 0.6 is 11.3 Å². The smallest absolute Gasteiger partial charge is 0.258 e.